The van der Waals surface area contributed by atoms with Gasteiger partial charge in [0.25, 0.3) is 57.3 Å². The van der Waals surface area contributed by atoms with E-state index in [2.05, 4.69) is 125 Å². The summed E-state index contributed by atoms with van der Waals surface area (Å²) in [4.78, 5) is 190. The van der Waals surface area contributed by atoms with Gasteiger partial charge in [-0.3, -0.25) is 80.6 Å². The zero-order valence-corrected chi connectivity index (χ0v) is 79.6. The van der Waals surface area contributed by atoms with Crippen LogP contribution in [0.1, 0.15) is 234 Å². The largest absolute Gasteiger partial charge is 1.00 e. The van der Waals surface area contributed by atoms with Crippen LogP contribution in [-0.4, -0.2) is 116 Å². The molecule has 7 fully saturated rings. The fourth-order valence-electron chi connectivity index (χ4n) is 17.5. The Morgan fingerprint density at radius 2 is 0.667 bits per heavy atom. The second-order valence-corrected chi connectivity index (χ2v) is 34.6. The maximum atomic E-state index is 13.3. The van der Waals surface area contributed by atoms with Gasteiger partial charge < -0.3 is 81.2 Å². The molecule has 4 spiro atoms. The van der Waals surface area contributed by atoms with E-state index in [9.17, 15) is 62.3 Å². The number of aryl methyl sites for hydroxylation is 5. The van der Waals surface area contributed by atoms with Crippen molar-refractivity contribution in [1.29, 1.82) is 0 Å². The number of aromatic nitrogens is 13. The molecule has 0 saturated heterocycles. The van der Waals surface area contributed by atoms with Crippen molar-refractivity contribution in [3.8, 4) is 0 Å². The van der Waals surface area contributed by atoms with Crippen LogP contribution in [0, 0.1) is 46.5 Å². The number of primary amides is 1. The predicted molar refractivity (Wildman–Crippen MR) is 487 cm³/mol. The van der Waals surface area contributed by atoms with Gasteiger partial charge in [-0.1, -0.05) is 0 Å². The Balaban J connectivity index is 0.000000161. The Hall–Kier alpha value is -11.0. The Kier molecular flexibility index (Phi) is 32.4. The van der Waals surface area contributed by atoms with Gasteiger partial charge in [-0.05, 0) is 266 Å². The van der Waals surface area contributed by atoms with Crippen molar-refractivity contribution in [1.82, 2.24) is 84.4 Å². The number of hydrogen-bond donors (Lipinski definition) is 14. The predicted octanol–water partition coefficient (Wildman–Crippen LogP) is 6.14. The molecule has 11 aliphatic rings. The van der Waals surface area contributed by atoms with Crippen LogP contribution in [0.5, 0.6) is 0 Å². The molecular weight excluding hydrogens is 1870 g/mol. The van der Waals surface area contributed by atoms with Crippen LogP contribution in [0.15, 0.2) is 113 Å². The van der Waals surface area contributed by atoms with E-state index >= 15 is 0 Å². The van der Waals surface area contributed by atoms with Crippen molar-refractivity contribution in [2.24, 2.45) is 17.6 Å². The van der Waals surface area contributed by atoms with Crippen molar-refractivity contribution in [3.05, 3.63) is 197 Å². The third kappa shape index (κ3) is 21.9. The number of rotatable bonds is 11. The van der Waals surface area contributed by atoms with Crippen LogP contribution in [-0.2, 0) is 37.0 Å². The number of nitrogen functional groups attached to an aromatic ring is 3. The number of H-pyrrole nitrogens is 1. The van der Waals surface area contributed by atoms with Crippen LogP contribution >= 0.6 is 56.7 Å². The number of pyridine rings is 5. The molecule has 0 unspecified atom stereocenters. The molecule has 19 N–H and O–H groups in total. The summed E-state index contributed by atoms with van der Waals surface area (Å²) in [5, 5.41) is 26.6. The number of nitrogens with one attached hydrogen (secondary N) is 10. The summed E-state index contributed by atoms with van der Waals surface area (Å²) in [5.74, 6) is 2.53. The first-order chi connectivity index (χ1) is 59.7. The molecule has 7 amide bonds. The quantitative estimate of drug-likeness (QED) is 0.0647. The van der Waals surface area contributed by atoms with Gasteiger partial charge in [-0.15, -0.1) is 24.8 Å². The van der Waals surface area contributed by atoms with Crippen LogP contribution < -0.4 is 150 Å². The Morgan fingerprint density at radius 3 is 0.969 bits per heavy atom. The van der Waals surface area contributed by atoms with Gasteiger partial charge in [-0.25, -0.2) is 39.9 Å². The van der Waals surface area contributed by atoms with Crippen molar-refractivity contribution in [2.75, 3.05) is 43.8 Å². The first-order valence-electron chi connectivity index (χ1n) is 41.4. The number of fused-ring (bicyclic) bond motifs is 8. The van der Waals surface area contributed by atoms with E-state index in [1.54, 1.807) is 79.8 Å². The number of amides is 7. The molecule has 7 saturated carbocycles. The van der Waals surface area contributed by atoms with Gasteiger partial charge >= 0.3 is 51.4 Å². The summed E-state index contributed by atoms with van der Waals surface area (Å²) in [5.41, 5.74) is 25.1. The van der Waals surface area contributed by atoms with Gasteiger partial charge in [-0.2, -0.15) is 0 Å². The smallest absolute Gasteiger partial charge is 0.870 e. The number of aromatic amines is 1. The van der Waals surface area contributed by atoms with E-state index in [0.29, 0.717) is 107 Å². The van der Waals surface area contributed by atoms with Crippen LogP contribution in [0.25, 0.3) is 0 Å². The van der Waals surface area contributed by atoms with Crippen molar-refractivity contribution in [3.63, 3.8) is 0 Å². The molecule has 0 aromatic carbocycles. The number of anilines is 11. The number of nitrogens with two attached hydrogens (primary N) is 4. The first kappa shape index (κ1) is 100. The fraction of sp³-hybridized carbons (Fsp3) is 0.417. The number of Topliss-reactive ketones (excluding diaryl/α,β-unsaturated/α-hetero) is 1. The molecule has 7 aliphatic carbocycles. The maximum absolute atomic E-state index is 13.3. The van der Waals surface area contributed by atoms with E-state index in [4.69, 9.17) is 22.9 Å². The van der Waals surface area contributed by atoms with Gasteiger partial charge in [0.2, 0.25) is 11.8 Å². The molecule has 0 atom stereocenters. The molecule has 40 nitrogen and oxygen atoms in total. The molecule has 20 rings (SSSR count). The van der Waals surface area contributed by atoms with Crippen molar-refractivity contribution in [2.45, 2.75) is 211 Å². The second kappa shape index (κ2) is 41.8. The number of carbonyl (C=O) groups excluding carboxylic acids is 8. The molecule has 13 heterocycles. The molecule has 678 valence electrons. The molecule has 4 aliphatic heterocycles. The number of halogens is 4. The van der Waals surface area contributed by atoms with E-state index < -0.39 is 28.6 Å². The van der Waals surface area contributed by atoms with Crippen LogP contribution in [0.2, 0.25) is 0 Å². The third-order valence-corrected chi connectivity index (χ3v) is 24.9. The topological polar surface area (TPSA) is 603 Å². The van der Waals surface area contributed by atoms with Crippen LogP contribution in [0.3, 0.4) is 0 Å². The first-order valence-corrected chi connectivity index (χ1v) is 43.0. The molecule has 45 heteroatoms. The van der Waals surface area contributed by atoms with Gasteiger partial charge in [0.05, 0.1) is 8.95 Å². The summed E-state index contributed by atoms with van der Waals surface area (Å²) >= 11 is 6.31. The SMILES string of the molecule is Cc1cc(Br)c(=O)[nH]c1C(N)=O.Cc1cc(Br)c(=O)n2c1C(=O)NC21CCCC1.Cc1cc(Nc2cc(N)ncn2)c(=O)n2c1C(=O)NC21CCCC1.Cc1cc(Nc2cc(N)ncn2)c(=O)n2c1C(=O)NC21CCCC1.Cc1cc(Nc2cc(NC(=O)C3CC3)ncn2)c(=O)n2c1C(=O)NC21CCCC1.Cl.Cl.Nc1cc(NC(=O)C2CC2)ncn1.O=C1CCCC1.[K+].[OH-]. The minimum absolute atomic E-state index is 0. The average molecular weight is 1970 g/mol. The molecule has 0 radical (unpaired) electrons. The monoisotopic (exact) mass is 1960 g/mol. The van der Waals surface area contributed by atoms with Crippen LogP contribution in [0.4, 0.5) is 63.6 Å². The van der Waals surface area contributed by atoms with E-state index in [1.165, 1.54) is 25.3 Å². The summed E-state index contributed by atoms with van der Waals surface area (Å²) in [6, 6.07) is 14.6. The van der Waals surface area contributed by atoms with E-state index in [0.717, 1.165) is 176 Å². The number of hydrogen-bond acceptors (Lipinski definition) is 28. The van der Waals surface area contributed by atoms with Gasteiger partial charge in [0, 0.05) is 48.9 Å². The summed E-state index contributed by atoms with van der Waals surface area (Å²) in [6.07, 6.45) is 27.4. The second-order valence-electron chi connectivity index (χ2n) is 32.9. The summed E-state index contributed by atoms with van der Waals surface area (Å²) in [7, 11) is 0. The Morgan fingerprint density at radius 1 is 0.388 bits per heavy atom. The summed E-state index contributed by atoms with van der Waals surface area (Å²) in [6.45, 7) is 9.05. The van der Waals surface area contributed by atoms with Crippen molar-refractivity contribution < 1.29 is 95.2 Å². The Bertz CT molecular complexity index is 6040. The average Bonchev–Trinajstić information content (AvgIpc) is 1.59. The Labute approximate surface area is 809 Å². The summed E-state index contributed by atoms with van der Waals surface area (Å²) < 4.78 is 7.47. The van der Waals surface area contributed by atoms with Gasteiger partial charge in [0.1, 0.15) is 146 Å². The molecule has 9 aromatic rings. The number of ketones is 1. The van der Waals surface area contributed by atoms with Crippen molar-refractivity contribution >= 4 is 167 Å². The third-order valence-electron chi connectivity index (χ3n) is 23.7. The van der Waals surface area contributed by atoms with E-state index in [1.807, 2.05) is 27.7 Å². The van der Waals surface area contributed by atoms with E-state index in [-0.39, 0.29) is 162 Å². The number of nitrogens with zero attached hydrogens (tertiary/aromatic N) is 12. The number of carbonyl (C=O) groups is 8. The zero-order valence-electron chi connectivity index (χ0n) is 71.6. The minimum atomic E-state index is -0.628. The molecule has 9 aromatic heterocycles. The normalized spacial score (nSPS) is 17.2. The zero-order chi connectivity index (χ0) is 89.1. The molecule has 129 heavy (non-hydrogen) atoms. The minimum Gasteiger partial charge on any atom is -0.870 e. The maximum Gasteiger partial charge on any atom is 1.00 e. The standard InChI is InChI=1S/C20H22N6O3.2C16H18N6O2.C12H13BrN2O2.C8H10N4O.C7H7BrN2O2.C5H8O.2ClH.K.H2O/c1-11-8-13(19(29)26-16(11)18(28)25-20(26)6-2-3-7-20)23-14-9-15(22-10-21-14)24-17(27)12-4-5-12;2*1-9-6-10(20-12-7-11(17)18-8-19-12)15(24)22-13(9)14(23)21-16(22)4-2-3-5-16;1-7-6-8(13)11(17)15-9(7)10(16)14-12(15)4-2-3-5-12;9-6-3-7(11-4-10-6)12-8(13)5-1-2-5;1-3-2-4(8)7(12)10-5(3)6(9)11;6-5-3-1-2-4-5;;;;/h8-10,12H,2-7H2,1H3,(H,25,28)(H2,21,22,23,24,27);2*6-8H,2-5H2,1H3,(H,21,23)(H3,17,18,19,20);6H,2-5H2,1H3,(H,14,16);3-5H,1-2H2,(H3,9,10,11,12,13);2H,1H3,(H2,9,11)(H,10,12);1-4H2;2*1H;;1H2/q;;;;;;;;;+1;/p-1. The molecule has 0 bridgehead atoms. The van der Waals surface area contributed by atoms with Gasteiger partial charge in [0.15, 0.2) is 0 Å². The fourth-order valence-corrected chi connectivity index (χ4v) is 18.5. The molecular formula is C84H99Br2Cl2KN26O14.